The van der Waals surface area contributed by atoms with Crippen LogP contribution in [0.5, 0.6) is 0 Å². The monoisotopic (exact) mass is 300 g/mol. The molecule has 0 bridgehead atoms. The fourth-order valence-electron chi connectivity index (χ4n) is 3.85. The summed E-state index contributed by atoms with van der Waals surface area (Å²) in [6.45, 7) is 0. The highest BCUT2D eigenvalue weighted by Crippen LogP contribution is 2.45. The predicted molar refractivity (Wildman–Crippen MR) is 93.4 cm³/mol. The second-order valence-electron chi connectivity index (χ2n) is 6.40. The molecule has 0 fully saturated rings. The van der Waals surface area contributed by atoms with E-state index in [1.54, 1.807) is 0 Å². The van der Waals surface area contributed by atoms with Gasteiger partial charge in [0.15, 0.2) is 0 Å². The van der Waals surface area contributed by atoms with E-state index in [1.165, 1.54) is 11.1 Å². The van der Waals surface area contributed by atoms with Gasteiger partial charge in [-0.2, -0.15) is 0 Å². The van der Waals surface area contributed by atoms with Crippen LogP contribution in [-0.2, 0) is 12.0 Å². The van der Waals surface area contributed by atoms with Gasteiger partial charge >= 0.3 is 0 Å². The summed E-state index contributed by atoms with van der Waals surface area (Å²) in [5.41, 5.74) is 3.66. The van der Waals surface area contributed by atoms with Crippen LogP contribution in [0.3, 0.4) is 0 Å². The number of benzene rings is 3. The Bertz CT molecular complexity index is 794. The molecule has 0 aromatic heterocycles. The Balaban J connectivity index is 1.85. The Morgan fingerprint density at radius 3 is 2.09 bits per heavy atom. The van der Waals surface area contributed by atoms with E-state index >= 15 is 0 Å². The molecule has 114 valence electrons. The maximum absolute atomic E-state index is 11.6. The maximum atomic E-state index is 11.6. The van der Waals surface area contributed by atoms with Gasteiger partial charge in [-0.15, -0.1) is 0 Å². The standard InChI is InChI=1S/C22H20O/c23-22(20-12-5-2-6-13-20)16-19(17-9-3-1-4-10-17)15-18-11-7-8-14-21(18)22/h1-14,19,23H,15-16H2/t19?,22-/m1/s1. The Labute approximate surface area is 137 Å². The van der Waals surface area contributed by atoms with Crippen LogP contribution in [0.2, 0.25) is 0 Å². The molecule has 1 nitrogen and oxygen atoms in total. The first-order valence-corrected chi connectivity index (χ1v) is 8.18. The molecule has 0 spiro atoms. The van der Waals surface area contributed by atoms with E-state index in [4.69, 9.17) is 0 Å². The third-order valence-corrected chi connectivity index (χ3v) is 4.99. The van der Waals surface area contributed by atoms with Crippen molar-refractivity contribution in [1.29, 1.82) is 0 Å². The van der Waals surface area contributed by atoms with Crippen molar-refractivity contribution in [3.63, 3.8) is 0 Å². The lowest BCUT2D eigenvalue weighted by molar-refractivity contribution is 0.0544. The van der Waals surface area contributed by atoms with Crippen LogP contribution in [0.25, 0.3) is 0 Å². The van der Waals surface area contributed by atoms with Crippen LogP contribution in [-0.4, -0.2) is 5.11 Å². The van der Waals surface area contributed by atoms with Crippen LogP contribution in [0.4, 0.5) is 0 Å². The molecular weight excluding hydrogens is 280 g/mol. The van der Waals surface area contributed by atoms with Gasteiger partial charge < -0.3 is 5.11 Å². The Morgan fingerprint density at radius 1 is 0.739 bits per heavy atom. The summed E-state index contributed by atoms with van der Waals surface area (Å²) < 4.78 is 0. The van der Waals surface area contributed by atoms with Crippen molar-refractivity contribution in [2.75, 3.05) is 0 Å². The second kappa shape index (κ2) is 5.68. The van der Waals surface area contributed by atoms with E-state index in [0.29, 0.717) is 5.92 Å². The summed E-state index contributed by atoms with van der Waals surface area (Å²) in [4.78, 5) is 0. The molecule has 0 amide bonds. The number of aliphatic hydroxyl groups is 1. The minimum Gasteiger partial charge on any atom is -0.380 e. The van der Waals surface area contributed by atoms with E-state index < -0.39 is 5.60 Å². The average Bonchev–Trinajstić information content (AvgIpc) is 2.63. The third-order valence-electron chi connectivity index (χ3n) is 4.99. The number of hydrogen-bond donors (Lipinski definition) is 1. The molecule has 1 N–H and O–H groups in total. The molecule has 1 unspecified atom stereocenters. The molecular formula is C22H20O. The molecule has 4 rings (SSSR count). The molecule has 1 aliphatic carbocycles. The van der Waals surface area contributed by atoms with Crippen molar-refractivity contribution in [2.24, 2.45) is 0 Å². The largest absolute Gasteiger partial charge is 0.380 e. The van der Waals surface area contributed by atoms with Crippen molar-refractivity contribution in [1.82, 2.24) is 0 Å². The summed E-state index contributed by atoms with van der Waals surface area (Å²) in [5, 5.41) is 11.6. The molecule has 23 heavy (non-hydrogen) atoms. The molecule has 0 aliphatic heterocycles. The predicted octanol–water partition coefficient (Wildman–Crippen LogP) is 4.65. The summed E-state index contributed by atoms with van der Waals surface area (Å²) in [6, 6.07) is 28.9. The Morgan fingerprint density at radius 2 is 1.35 bits per heavy atom. The topological polar surface area (TPSA) is 20.2 Å². The van der Waals surface area contributed by atoms with Crippen LogP contribution in [0.15, 0.2) is 84.9 Å². The molecule has 0 radical (unpaired) electrons. The van der Waals surface area contributed by atoms with Crippen molar-refractivity contribution in [3.05, 3.63) is 107 Å². The molecule has 3 aromatic carbocycles. The van der Waals surface area contributed by atoms with E-state index in [2.05, 4.69) is 42.5 Å². The van der Waals surface area contributed by atoms with E-state index in [9.17, 15) is 5.11 Å². The van der Waals surface area contributed by atoms with Gasteiger partial charge in [-0.25, -0.2) is 0 Å². The first kappa shape index (κ1) is 14.2. The Hall–Kier alpha value is -2.38. The molecule has 1 heteroatoms. The first-order chi connectivity index (χ1) is 11.3. The van der Waals surface area contributed by atoms with Crippen molar-refractivity contribution in [2.45, 2.75) is 24.4 Å². The smallest absolute Gasteiger partial charge is 0.115 e. The maximum Gasteiger partial charge on any atom is 0.115 e. The van der Waals surface area contributed by atoms with Gasteiger partial charge in [-0.1, -0.05) is 84.9 Å². The lowest BCUT2D eigenvalue weighted by Crippen LogP contribution is -2.35. The van der Waals surface area contributed by atoms with Gasteiger partial charge in [0.25, 0.3) is 0 Å². The lowest BCUT2D eigenvalue weighted by Gasteiger charge is -2.39. The summed E-state index contributed by atoms with van der Waals surface area (Å²) in [6.07, 6.45) is 1.70. The van der Waals surface area contributed by atoms with E-state index in [-0.39, 0.29) is 0 Å². The normalized spacial score (nSPS) is 23.3. The SMILES string of the molecule is O[C@@]1(c2ccccc2)CC(c2ccccc2)Cc2ccccc21. The van der Waals surface area contributed by atoms with Crippen molar-refractivity contribution < 1.29 is 5.11 Å². The fraction of sp³-hybridized carbons (Fsp3) is 0.182. The highest BCUT2D eigenvalue weighted by Gasteiger charge is 2.40. The fourth-order valence-corrected chi connectivity index (χ4v) is 3.85. The molecule has 3 aromatic rings. The average molecular weight is 300 g/mol. The quantitative estimate of drug-likeness (QED) is 0.730. The van der Waals surface area contributed by atoms with Crippen LogP contribution in [0, 0.1) is 0 Å². The minimum absolute atomic E-state index is 0.330. The van der Waals surface area contributed by atoms with Crippen molar-refractivity contribution in [3.8, 4) is 0 Å². The highest BCUT2D eigenvalue weighted by molar-refractivity contribution is 5.45. The lowest BCUT2D eigenvalue weighted by atomic mass is 9.69. The Kier molecular flexibility index (Phi) is 3.51. The zero-order chi connectivity index (χ0) is 15.7. The second-order valence-corrected chi connectivity index (χ2v) is 6.40. The third kappa shape index (κ3) is 2.47. The zero-order valence-electron chi connectivity index (χ0n) is 13.0. The van der Waals surface area contributed by atoms with Gasteiger partial charge in [-0.05, 0) is 41.0 Å². The highest BCUT2D eigenvalue weighted by atomic mass is 16.3. The summed E-state index contributed by atoms with van der Waals surface area (Å²) >= 11 is 0. The van der Waals surface area contributed by atoms with Gasteiger partial charge in [0, 0.05) is 0 Å². The number of rotatable bonds is 2. The van der Waals surface area contributed by atoms with Crippen LogP contribution in [0.1, 0.15) is 34.6 Å². The van der Waals surface area contributed by atoms with Gasteiger partial charge in [-0.3, -0.25) is 0 Å². The summed E-state index contributed by atoms with van der Waals surface area (Å²) in [5.74, 6) is 0.330. The zero-order valence-corrected chi connectivity index (χ0v) is 13.0. The van der Waals surface area contributed by atoms with Crippen LogP contribution >= 0.6 is 0 Å². The molecule has 1 aliphatic rings. The molecule has 0 saturated carbocycles. The van der Waals surface area contributed by atoms with Crippen molar-refractivity contribution >= 4 is 0 Å². The summed E-state index contributed by atoms with van der Waals surface area (Å²) in [7, 11) is 0. The molecule has 0 heterocycles. The van der Waals surface area contributed by atoms with Gasteiger partial charge in [0.2, 0.25) is 0 Å². The van der Waals surface area contributed by atoms with Gasteiger partial charge in [0.05, 0.1) is 0 Å². The number of fused-ring (bicyclic) bond motifs is 1. The van der Waals surface area contributed by atoms with E-state index in [1.807, 2.05) is 42.5 Å². The van der Waals surface area contributed by atoms with Crippen LogP contribution < -0.4 is 0 Å². The van der Waals surface area contributed by atoms with E-state index in [0.717, 1.165) is 24.0 Å². The molecule has 0 saturated heterocycles. The molecule has 2 atom stereocenters. The van der Waals surface area contributed by atoms with Gasteiger partial charge in [0.1, 0.15) is 5.60 Å². The minimum atomic E-state index is -0.920. The number of hydrogen-bond acceptors (Lipinski definition) is 1. The first-order valence-electron chi connectivity index (χ1n) is 8.18.